The van der Waals surface area contributed by atoms with Gasteiger partial charge in [0.25, 0.3) is 0 Å². The monoisotopic (exact) mass is 542 g/mol. The van der Waals surface area contributed by atoms with Crippen molar-refractivity contribution in [2.24, 2.45) is 5.92 Å². The number of para-hydroxylation sites is 1. The highest BCUT2D eigenvalue weighted by atomic mass is 35.5. The Bertz CT molecular complexity index is 1520. The van der Waals surface area contributed by atoms with Gasteiger partial charge in [-0.1, -0.05) is 28.7 Å². The predicted octanol–water partition coefficient (Wildman–Crippen LogP) is 5.17. The molecule has 1 heterocycles. The molecule has 1 unspecified atom stereocenters. The average molecular weight is 543 g/mol. The van der Waals surface area contributed by atoms with Crippen LogP contribution in [0.5, 0.6) is 5.75 Å². The SMILES string of the molecule is COc1cc2c(cc1Nc1nc(Nc3ccccc3S(=O)(=O)C(C)C)c(Cl)c[nH+]1)[C@H]1CC1C(=[OH+])C2(C)C. The first-order valence-electron chi connectivity index (χ1n) is 12.2. The summed E-state index contributed by atoms with van der Waals surface area (Å²) >= 11 is 6.42. The van der Waals surface area contributed by atoms with Crippen molar-refractivity contribution in [3.63, 3.8) is 0 Å². The Kier molecular flexibility index (Phi) is 6.19. The molecule has 3 aromatic rings. The van der Waals surface area contributed by atoms with E-state index in [0.29, 0.717) is 39.9 Å². The number of hydrogen-bond donors (Lipinski definition) is 2. The second-order valence-electron chi connectivity index (χ2n) is 10.4. The van der Waals surface area contributed by atoms with Crippen molar-refractivity contribution in [1.29, 1.82) is 0 Å². The van der Waals surface area contributed by atoms with Crippen LogP contribution in [0.4, 0.5) is 23.1 Å². The molecule has 194 valence electrons. The Morgan fingerprint density at radius 1 is 1.16 bits per heavy atom. The van der Waals surface area contributed by atoms with Crippen LogP contribution in [0.2, 0.25) is 5.02 Å². The molecule has 1 aromatic heterocycles. The number of ether oxygens (including phenoxy) is 1. The molecule has 0 aliphatic heterocycles. The van der Waals surface area contributed by atoms with Gasteiger partial charge in [-0.2, -0.15) is 0 Å². The molecule has 37 heavy (non-hydrogen) atoms. The Morgan fingerprint density at radius 3 is 2.59 bits per heavy atom. The molecule has 5 rings (SSSR count). The highest BCUT2D eigenvalue weighted by Crippen LogP contribution is 2.58. The third-order valence-corrected chi connectivity index (χ3v) is 9.83. The van der Waals surface area contributed by atoms with Gasteiger partial charge < -0.3 is 10.1 Å². The fourth-order valence-electron chi connectivity index (χ4n) is 5.03. The number of nitrogens with zero attached hydrogens (tertiary/aromatic N) is 1. The number of anilines is 4. The van der Waals surface area contributed by atoms with Gasteiger partial charge in [0.05, 0.1) is 35.1 Å². The van der Waals surface area contributed by atoms with Gasteiger partial charge in [-0.05, 0) is 69.5 Å². The van der Waals surface area contributed by atoms with E-state index in [9.17, 15) is 13.2 Å². The van der Waals surface area contributed by atoms with Crippen molar-refractivity contribution in [2.75, 3.05) is 17.7 Å². The number of nitrogens with one attached hydrogen (secondary N) is 3. The van der Waals surface area contributed by atoms with Crippen molar-refractivity contribution in [1.82, 2.24) is 4.98 Å². The van der Waals surface area contributed by atoms with Crippen molar-refractivity contribution in [2.45, 2.75) is 55.6 Å². The molecule has 2 atom stereocenters. The van der Waals surface area contributed by atoms with E-state index >= 15 is 0 Å². The molecule has 0 saturated heterocycles. The molecule has 0 amide bonds. The van der Waals surface area contributed by atoms with E-state index in [1.165, 1.54) is 5.56 Å². The average Bonchev–Trinajstić information content (AvgIpc) is 3.66. The van der Waals surface area contributed by atoms with Crippen molar-refractivity contribution in [3.05, 3.63) is 58.7 Å². The zero-order chi connectivity index (χ0) is 26.7. The van der Waals surface area contributed by atoms with Crippen LogP contribution in [0.3, 0.4) is 0 Å². The normalized spacial score (nSPS) is 19.7. The van der Waals surface area contributed by atoms with Crippen molar-refractivity contribution < 1.29 is 22.9 Å². The first kappa shape index (κ1) is 25.5. The number of methoxy groups -OCH3 is 1. The maximum absolute atomic E-state index is 12.9. The number of carbonyl (C=O) groups excluding carboxylic acids is 1. The summed E-state index contributed by atoms with van der Waals surface area (Å²) in [6.45, 7) is 7.36. The lowest BCUT2D eigenvalue weighted by Gasteiger charge is -2.28. The van der Waals surface area contributed by atoms with Gasteiger partial charge in [-0.3, -0.25) is 4.79 Å². The van der Waals surface area contributed by atoms with Crippen LogP contribution in [0.25, 0.3) is 0 Å². The Labute approximate surface area is 221 Å². The minimum absolute atomic E-state index is 0.184. The third-order valence-electron chi connectivity index (χ3n) is 7.33. The summed E-state index contributed by atoms with van der Waals surface area (Å²) in [7, 11) is -1.92. The van der Waals surface area contributed by atoms with Crippen LogP contribution < -0.4 is 20.4 Å². The van der Waals surface area contributed by atoms with Gasteiger partial charge in [-0.25, -0.2) is 18.7 Å². The maximum Gasteiger partial charge on any atom is 0.396 e. The minimum atomic E-state index is -3.52. The molecule has 1 saturated carbocycles. The molecule has 0 radical (unpaired) electrons. The van der Waals surface area contributed by atoms with E-state index in [1.807, 2.05) is 19.9 Å². The zero-order valence-corrected chi connectivity index (χ0v) is 23.0. The van der Waals surface area contributed by atoms with Crippen LogP contribution in [0.1, 0.15) is 51.2 Å². The quantitative estimate of drug-likeness (QED) is 0.398. The number of fused-ring (bicyclic) bond motifs is 3. The van der Waals surface area contributed by atoms with Crippen LogP contribution in [0, 0.1) is 5.92 Å². The smallest absolute Gasteiger partial charge is 0.396 e. The number of aromatic nitrogens is 2. The van der Waals surface area contributed by atoms with E-state index in [2.05, 4.69) is 26.7 Å². The van der Waals surface area contributed by atoms with Gasteiger partial charge in [0.2, 0.25) is 5.82 Å². The van der Waals surface area contributed by atoms with E-state index in [0.717, 1.165) is 17.7 Å². The number of sulfone groups is 1. The van der Waals surface area contributed by atoms with Crippen molar-refractivity contribution >= 4 is 50.4 Å². The Hall–Kier alpha value is -3.17. The molecular weight excluding hydrogens is 512 g/mol. The lowest BCUT2D eigenvalue weighted by atomic mass is 9.71. The number of rotatable bonds is 7. The molecule has 2 aliphatic carbocycles. The van der Waals surface area contributed by atoms with Gasteiger partial charge >= 0.3 is 11.7 Å². The number of hydrogen-bond acceptors (Lipinski definition) is 6. The summed E-state index contributed by atoms with van der Waals surface area (Å²) in [6.07, 6.45) is 2.52. The van der Waals surface area contributed by atoms with Gasteiger partial charge in [0.15, 0.2) is 15.6 Å². The number of aromatic amines is 1. The number of H-pyrrole nitrogens is 1. The molecule has 8 nitrogen and oxygen atoms in total. The lowest BCUT2D eigenvalue weighted by Crippen LogP contribution is -2.35. The molecule has 2 aromatic carbocycles. The molecule has 10 heteroatoms. The summed E-state index contributed by atoms with van der Waals surface area (Å²) < 4.78 is 31.4. The molecule has 1 fully saturated rings. The van der Waals surface area contributed by atoms with E-state index in [-0.39, 0.29) is 10.8 Å². The van der Waals surface area contributed by atoms with Crippen LogP contribution in [-0.2, 0) is 15.3 Å². The van der Waals surface area contributed by atoms with Crippen LogP contribution >= 0.6 is 11.6 Å². The Balaban J connectivity index is 1.49. The fraction of sp³-hybridized carbons (Fsp3) is 0.370. The summed E-state index contributed by atoms with van der Waals surface area (Å²) in [5.41, 5.74) is 2.92. The first-order valence-corrected chi connectivity index (χ1v) is 14.1. The summed E-state index contributed by atoms with van der Waals surface area (Å²) in [5.74, 6) is 2.35. The largest absolute Gasteiger partial charge is 0.493 e. The minimum Gasteiger partial charge on any atom is -0.493 e. The van der Waals surface area contributed by atoms with Crippen LogP contribution in [0.15, 0.2) is 47.5 Å². The highest BCUT2D eigenvalue weighted by Gasteiger charge is 2.59. The van der Waals surface area contributed by atoms with E-state index in [1.54, 1.807) is 51.4 Å². The van der Waals surface area contributed by atoms with E-state index in [4.69, 9.17) is 16.3 Å². The summed E-state index contributed by atoms with van der Waals surface area (Å²) in [5, 5.41) is 6.10. The fourth-order valence-corrected chi connectivity index (χ4v) is 6.38. The zero-order valence-electron chi connectivity index (χ0n) is 21.4. The topological polar surface area (TPSA) is 116 Å². The highest BCUT2D eigenvalue weighted by molar-refractivity contribution is 7.92. The molecule has 0 spiro atoms. The molecule has 4 N–H and O–H groups in total. The standard InChI is InChI=1S/C27H29ClN4O4S/c1-14(2)37(34,35)23-9-7-6-8-20(23)30-25-19(28)13-29-26(32-25)31-21-11-16-15-10-17(15)24(33)27(3,4)18(16)12-22(21)36-5/h6-9,11-15,17H,10H2,1-5H3,(H2,29,30,31,32)/p+2/t15-,17?/m1/s1. The maximum atomic E-state index is 12.9. The van der Waals surface area contributed by atoms with E-state index < -0.39 is 20.5 Å². The van der Waals surface area contributed by atoms with Gasteiger partial charge in [0, 0.05) is 5.92 Å². The molecule has 0 bridgehead atoms. The Morgan fingerprint density at radius 2 is 1.89 bits per heavy atom. The third kappa shape index (κ3) is 4.34. The van der Waals surface area contributed by atoms with Gasteiger partial charge in [0.1, 0.15) is 16.1 Å². The van der Waals surface area contributed by atoms with Crippen LogP contribution in [-0.4, -0.2) is 36.3 Å². The molecular formula is C27H31ClN4O4S+2. The second kappa shape index (κ2) is 8.99. The first-order chi connectivity index (χ1) is 17.4. The second-order valence-corrected chi connectivity index (χ2v) is 13.3. The predicted molar refractivity (Wildman–Crippen MR) is 145 cm³/mol. The summed E-state index contributed by atoms with van der Waals surface area (Å²) in [6, 6.07) is 10.7. The van der Waals surface area contributed by atoms with Crippen molar-refractivity contribution in [3.8, 4) is 5.75 Å². The lowest BCUT2D eigenvalue weighted by molar-refractivity contribution is -0.364. The van der Waals surface area contributed by atoms with Gasteiger partial charge in [-0.15, -0.1) is 0 Å². The number of benzene rings is 2. The number of ketones is 1. The number of halogens is 1. The molecule has 2 aliphatic rings. The summed E-state index contributed by atoms with van der Waals surface area (Å²) in [4.78, 5) is 18.5.